The fourth-order valence-corrected chi connectivity index (χ4v) is 2.08. The zero-order chi connectivity index (χ0) is 13.2. The van der Waals surface area contributed by atoms with Gasteiger partial charge >= 0.3 is 0 Å². The normalized spacial score (nSPS) is 17.3. The van der Waals surface area contributed by atoms with Crippen molar-refractivity contribution in [3.63, 3.8) is 0 Å². The van der Waals surface area contributed by atoms with Crippen molar-refractivity contribution >= 4 is 5.78 Å². The molecular formula is C15H22O2. The molecule has 0 N–H and O–H groups in total. The molecule has 0 heterocycles. The molecule has 0 saturated heterocycles. The minimum absolute atomic E-state index is 0.0575. The standard InChI is InChI=1S/C15H22O2/c1-9(2)7-8-13-12(5)14(16)10(3)11(4)15(13)17-6/h9H,3,7-8H2,1-2,4-6H3. The van der Waals surface area contributed by atoms with Crippen LogP contribution in [-0.4, -0.2) is 12.9 Å². The second-order valence-electron chi connectivity index (χ2n) is 5.00. The largest absolute Gasteiger partial charge is 0.496 e. The summed E-state index contributed by atoms with van der Waals surface area (Å²) in [5.41, 5.74) is 3.28. The van der Waals surface area contributed by atoms with Gasteiger partial charge in [0, 0.05) is 22.3 Å². The van der Waals surface area contributed by atoms with Gasteiger partial charge in [-0.25, -0.2) is 0 Å². The molecule has 1 aliphatic rings. The summed E-state index contributed by atoms with van der Waals surface area (Å²) in [4.78, 5) is 12.0. The molecule has 0 aromatic heterocycles. The molecule has 0 saturated carbocycles. The molecular weight excluding hydrogens is 212 g/mol. The summed E-state index contributed by atoms with van der Waals surface area (Å²) < 4.78 is 5.45. The molecule has 0 aliphatic heterocycles. The van der Waals surface area contributed by atoms with E-state index in [4.69, 9.17) is 4.74 Å². The molecule has 0 atom stereocenters. The minimum Gasteiger partial charge on any atom is -0.496 e. The quantitative estimate of drug-likeness (QED) is 0.692. The lowest BCUT2D eigenvalue weighted by Gasteiger charge is -2.23. The summed E-state index contributed by atoms with van der Waals surface area (Å²) in [5.74, 6) is 1.52. The van der Waals surface area contributed by atoms with Gasteiger partial charge in [0.2, 0.25) is 0 Å². The number of hydrogen-bond donors (Lipinski definition) is 0. The molecule has 0 aromatic rings. The van der Waals surface area contributed by atoms with E-state index in [1.54, 1.807) is 7.11 Å². The zero-order valence-corrected chi connectivity index (χ0v) is 11.5. The molecule has 94 valence electrons. The topological polar surface area (TPSA) is 26.3 Å². The van der Waals surface area contributed by atoms with Gasteiger partial charge in [-0.3, -0.25) is 4.79 Å². The van der Waals surface area contributed by atoms with Gasteiger partial charge in [0.25, 0.3) is 0 Å². The van der Waals surface area contributed by atoms with Crippen molar-refractivity contribution in [2.75, 3.05) is 7.11 Å². The Balaban J connectivity index is 3.13. The highest BCUT2D eigenvalue weighted by Gasteiger charge is 2.26. The third-order valence-corrected chi connectivity index (χ3v) is 3.31. The van der Waals surface area contributed by atoms with Crippen molar-refractivity contribution in [2.45, 2.75) is 40.5 Å². The molecule has 1 aliphatic carbocycles. The van der Waals surface area contributed by atoms with E-state index in [0.29, 0.717) is 11.5 Å². The maximum Gasteiger partial charge on any atom is 0.188 e. The molecule has 0 bridgehead atoms. The second-order valence-corrected chi connectivity index (χ2v) is 5.00. The van der Waals surface area contributed by atoms with Gasteiger partial charge in [-0.15, -0.1) is 0 Å². The van der Waals surface area contributed by atoms with Crippen LogP contribution in [-0.2, 0) is 9.53 Å². The van der Waals surface area contributed by atoms with Crippen molar-refractivity contribution < 1.29 is 9.53 Å². The average Bonchev–Trinajstić information content (AvgIpc) is 2.29. The number of Topliss-reactive ketones (excluding diaryl/α,β-unsaturated/α-hetero) is 1. The average molecular weight is 234 g/mol. The van der Waals surface area contributed by atoms with E-state index >= 15 is 0 Å². The zero-order valence-electron chi connectivity index (χ0n) is 11.5. The predicted molar refractivity (Wildman–Crippen MR) is 70.6 cm³/mol. The lowest BCUT2D eigenvalue weighted by Crippen LogP contribution is -2.16. The Morgan fingerprint density at radius 3 is 2.29 bits per heavy atom. The van der Waals surface area contributed by atoms with Gasteiger partial charge < -0.3 is 4.74 Å². The maximum absolute atomic E-state index is 12.0. The lowest BCUT2D eigenvalue weighted by atomic mass is 9.85. The minimum atomic E-state index is 0.0575. The van der Waals surface area contributed by atoms with Crippen molar-refractivity contribution in [2.24, 2.45) is 5.92 Å². The molecule has 0 spiro atoms. The van der Waals surface area contributed by atoms with Gasteiger partial charge in [0.1, 0.15) is 5.76 Å². The number of ketones is 1. The molecule has 0 aromatic carbocycles. The van der Waals surface area contributed by atoms with Crippen LogP contribution in [0.5, 0.6) is 0 Å². The number of allylic oxidation sites excluding steroid dienone is 4. The van der Waals surface area contributed by atoms with Gasteiger partial charge in [-0.05, 0) is 32.6 Å². The lowest BCUT2D eigenvalue weighted by molar-refractivity contribution is -0.112. The Kier molecular flexibility index (Phi) is 4.33. The highest BCUT2D eigenvalue weighted by Crippen LogP contribution is 2.34. The first kappa shape index (κ1) is 13.8. The van der Waals surface area contributed by atoms with Crippen LogP contribution < -0.4 is 0 Å². The molecule has 17 heavy (non-hydrogen) atoms. The summed E-state index contributed by atoms with van der Waals surface area (Å²) in [6.07, 6.45) is 1.95. The van der Waals surface area contributed by atoms with E-state index in [1.165, 1.54) is 0 Å². The van der Waals surface area contributed by atoms with Crippen LogP contribution in [0.15, 0.2) is 34.6 Å². The number of methoxy groups -OCH3 is 1. The van der Waals surface area contributed by atoms with Crippen LogP contribution in [0, 0.1) is 5.92 Å². The Labute approximate surface area is 104 Å². The van der Waals surface area contributed by atoms with Crippen LogP contribution in [0.1, 0.15) is 40.5 Å². The van der Waals surface area contributed by atoms with Crippen LogP contribution in [0.3, 0.4) is 0 Å². The maximum atomic E-state index is 12.0. The van der Waals surface area contributed by atoms with Crippen molar-refractivity contribution in [1.82, 2.24) is 0 Å². The molecule has 0 fully saturated rings. The van der Waals surface area contributed by atoms with E-state index in [0.717, 1.165) is 35.3 Å². The summed E-state index contributed by atoms with van der Waals surface area (Å²) in [6, 6.07) is 0. The molecule has 0 radical (unpaired) electrons. The van der Waals surface area contributed by atoms with Crippen molar-refractivity contribution in [3.8, 4) is 0 Å². The monoisotopic (exact) mass is 234 g/mol. The van der Waals surface area contributed by atoms with Crippen LogP contribution in [0.4, 0.5) is 0 Å². The summed E-state index contributed by atoms with van der Waals surface area (Å²) in [6.45, 7) is 12.0. The van der Waals surface area contributed by atoms with E-state index in [-0.39, 0.29) is 5.78 Å². The Morgan fingerprint density at radius 1 is 1.24 bits per heavy atom. The first-order valence-corrected chi connectivity index (χ1v) is 6.09. The Morgan fingerprint density at radius 2 is 1.82 bits per heavy atom. The molecule has 2 heteroatoms. The van der Waals surface area contributed by atoms with E-state index in [1.807, 2.05) is 13.8 Å². The third-order valence-electron chi connectivity index (χ3n) is 3.31. The number of ether oxygens (including phenoxy) is 1. The van der Waals surface area contributed by atoms with E-state index < -0.39 is 0 Å². The summed E-state index contributed by atoms with van der Waals surface area (Å²) in [7, 11) is 1.66. The fraction of sp³-hybridized carbons (Fsp3) is 0.533. The number of carbonyl (C=O) groups is 1. The molecule has 2 nitrogen and oxygen atoms in total. The third kappa shape index (κ3) is 2.68. The second kappa shape index (κ2) is 5.35. The fourth-order valence-electron chi connectivity index (χ4n) is 2.08. The van der Waals surface area contributed by atoms with E-state index in [2.05, 4.69) is 20.4 Å². The summed E-state index contributed by atoms with van der Waals surface area (Å²) >= 11 is 0. The van der Waals surface area contributed by atoms with Crippen LogP contribution in [0.2, 0.25) is 0 Å². The van der Waals surface area contributed by atoms with Crippen molar-refractivity contribution in [3.05, 3.63) is 34.6 Å². The van der Waals surface area contributed by atoms with Crippen LogP contribution >= 0.6 is 0 Å². The van der Waals surface area contributed by atoms with E-state index in [9.17, 15) is 4.79 Å². The number of hydrogen-bond acceptors (Lipinski definition) is 2. The first-order chi connectivity index (χ1) is 7.90. The van der Waals surface area contributed by atoms with Crippen LogP contribution in [0.25, 0.3) is 0 Å². The molecule has 0 amide bonds. The Hall–Kier alpha value is -1.31. The van der Waals surface area contributed by atoms with Gasteiger partial charge in [0.15, 0.2) is 5.78 Å². The van der Waals surface area contributed by atoms with Crippen molar-refractivity contribution in [1.29, 1.82) is 0 Å². The smallest absolute Gasteiger partial charge is 0.188 e. The van der Waals surface area contributed by atoms with Gasteiger partial charge in [0.05, 0.1) is 7.11 Å². The summed E-state index contributed by atoms with van der Waals surface area (Å²) in [5, 5.41) is 0. The highest BCUT2D eigenvalue weighted by molar-refractivity contribution is 6.12. The highest BCUT2D eigenvalue weighted by atomic mass is 16.5. The Bertz CT molecular complexity index is 409. The SMILES string of the molecule is C=C1C(=O)C(C)=C(CCC(C)C)C(OC)=C1C. The number of rotatable bonds is 4. The number of carbonyl (C=O) groups excluding carboxylic acids is 1. The molecule has 0 unspecified atom stereocenters. The van der Waals surface area contributed by atoms with Gasteiger partial charge in [-0.1, -0.05) is 20.4 Å². The molecule has 1 rings (SSSR count). The first-order valence-electron chi connectivity index (χ1n) is 6.09. The van der Waals surface area contributed by atoms with Gasteiger partial charge in [-0.2, -0.15) is 0 Å². The predicted octanol–water partition coefficient (Wildman–Crippen LogP) is 3.80.